The largest absolute Gasteiger partial charge is 0.480 e. The summed E-state index contributed by atoms with van der Waals surface area (Å²) in [6.45, 7) is 0.400. The summed E-state index contributed by atoms with van der Waals surface area (Å²) in [6.07, 6.45) is 2.06. The quantitative estimate of drug-likeness (QED) is 0.829. The number of hydrogen-bond donors (Lipinski definition) is 2. The molecular weight excluding hydrogens is 363 g/mol. The second-order valence-corrected chi connectivity index (χ2v) is 6.78. The molecule has 7 heteroatoms. The highest BCUT2D eigenvalue weighted by Crippen LogP contribution is 2.21. The van der Waals surface area contributed by atoms with Gasteiger partial charge in [-0.05, 0) is 55.2 Å². The van der Waals surface area contributed by atoms with Gasteiger partial charge in [0.05, 0.1) is 6.42 Å². The Morgan fingerprint density at radius 1 is 1.11 bits per heavy atom. The molecule has 1 saturated heterocycles. The van der Waals surface area contributed by atoms with E-state index in [1.54, 1.807) is 24.3 Å². The van der Waals surface area contributed by atoms with Gasteiger partial charge in [0.15, 0.2) is 0 Å². The van der Waals surface area contributed by atoms with Gasteiger partial charge < -0.3 is 15.3 Å². The summed E-state index contributed by atoms with van der Waals surface area (Å²) >= 11 is 0. The lowest BCUT2D eigenvalue weighted by atomic mass is 10.0. The van der Waals surface area contributed by atoms with Crippen molar-refractivity contribution in [3.05, 3.63) is 65.5 Å². The first-order valence-electron chi connectivity index (χ1n) is 9.12. The van der Waals surface area contributed by atoms with Crippen molar-refractivity contribution in [3.8, 4) is 0 Å². The van der Waals surface area contributed by atoms with Gasteiger partial charge in [0, 0.05) is 17.8 Å². The molecule has 1 aliphatic heterocycles. The van der Waals surface area contributed by atoms with E-state index in [0.717, 1.165) is 12.8 Å². The van der Waals surface area contributed by atoms with E-state index in [4.69, 9.17) is 0 Å². The van der Waals surface area contributed by atoms with Crippen LogP contribution in [0.15, 0.2) is 48.5 Å². The molecule has 1 unspecified atom stereocenters. The Balaban J connectivity index is 1.69. The Bertz CT molecular complexity index is 882. The first-order chi connectivity index (χ1) is 13.4. The summed E-state index contributed by atoms with van der Waals surface area (Å²) in [5.41, 5.74) is 1.44. The molecule has 28 heavy (non-hydrogen) atoms. The third kappa shape index (κ3) is 4.73. The van der Waals surface area contributed by atoms with Crippen molar-refractivity contribution in [2.45, 2.75) is 31.7 Å². The minimum atomic E-state index is -1.00. The summed E-state index contributed by atoms with van der Waals surface area (Å²) in [5, 5.41) is 12.1. The van der Waals surface area contributed by atoms with Crippen molar-refractivity contribution in [2.75, 3.05) is 11.9 Å². The van der Waals surface area contributed by atoms with Crippen LogP contribution >= 0.6 is 0 Å². The summed E-state index contributed by atoms with van der Waals surface area (Å²) in [7, 11) is 0. The number of anilines is 1. The molecule has 2 aromatic carbocycles. The van der Waals surface area contributed by atoms with Crippen molar-refractivity contribution >= 4 is 23.5 Å². The maximum Gasteiger partial charge on any atom is 0.326 e. The number of piperidine rings is 1. The predicted octanol–water partition coefficient (Wildman–Crippen LogP) is 3.09. The summed E-state index contributed by atoms with van der Waals surface area (Å²) in [4.78, 5) is 37.8. The molecule has 1 atom stereocenters. The van der Waals surface area contributed by atoms with E-state index in [2.05, 4.69) is 5.32 Å². The van der Waals surface area contributed by atoms with Crippen molar-refractivity contribution in [3.63, 3.8) is 0 Å². The van der Waals surface area contributed by atoms with E-state index >= 15 is 0 Å². The maximum absolute atomic E-state index is 12.9. The van der Waals surface area contributed by atoms with Gasteiger partial charge in [0.2, 0.25) is 5.91 Å². The first kappa shape index (κ1) is 19.5. The van der Waals surface area contributed by atoms with E-state index in [0.29, 0.717) is 29.8 Å². The van der Waals surface area contributed by atoms with Gasteiger partial charge in [-0.1, -0.05) is 18.2 Å². The van der Waals surface area contributed by atoms with Gasteiger partial charge >= 0.3 is 5.97 Å². The molecule has 2 aromatic rings. The van der Waals surface area contributed by atoms with Crippen LogP contribution in [0.25, 0.3) is 0 Å². The third-order valence-electron chi connectivity index (χ3n) is 4.72. The van der Waals surface area contributed by atoms with E-state index in [-0.39, 0.29) is 24.1 Å². The molecule has 0 saturated carbocycles. The normalized spacial score (nSPS) is 16.5. The predicted molar refractivity (Wildman–Crippen MR) is 101 cm³/mol. The number of carbonyl (C=O) groups is 3. The first-order valence-corrected chi connectivity index (χ1v) is 9.12. The molecule has 146 valence electrons. The number of aliphatic carboxylic acids is 1. The molecule has 2 amide bonds. The molecule has 0 radical (unpaired) electrons. The lowest BCUT2D eigenvalue weighted by molar-refractivity contribution is -0.143. The lowest BCUT2D eigenvalue weighted by Crippen LogP contribution is -2.48. The molecule has 0 aromatic heterocycles. The number of rotatable bonds is 5. The summed E-state index contributed by atoms with van der Waals surface area (Å²) in [5.74, 6) is -2.02. The number of hydrogen-bond acceptors (Lipinski definition) is 3. The van der Waals surface area contributed by atoms with Crippen molar-refractivity contribution < 1.29 is 23.9 Å². The molecule has 3 rings (SSSR count). The van der Waals surface area contributed by atoms with Gasteiger partial charge in [-0.25, -0.2) is 9.18 Å². The lowest BCUT2D eigenvalue weighted by Gasteiger charge is -2.33. The number of likely N-dealkylation sites (tertiary alicyclic amines) is 1. The molecular formula is C21H21FN2O4. The Hall–Kier alpha value is -3.22. The molecule has 0 bridgehead atoms. The van der Waals surface area contributed by atoms with Gasteiger partial charge in [-0.15, -0.1) is 0 Å². The third-order valence-corrected chi connectivity index (χ3v) is 4.72. The van der Waals surface area contributed by atoms with Crippen molar-refractivity contribution in [1.29, 1.82) is 0 Å². The Morgan fingerprint density at radius 2 is 1.86 bits per heavy atom. The van der Waals surface area contributed by atoms with E-state index in [1.807, 2.05) is 0 Å². The average Bonchev–Trinajstić information content (AvgIpc) is 2.69. The Kier molecular flexibility index (Phi) is 6.03. The average molecular weight is 384 g/mol. The second-order valence-electron chi connectivity index (χ2n) is 6.78. The van der Waals surface area contributed by atoms with Gasteiger partial charge in [0.1, 0.15) is 11.9 Å². The van der Waals surface area contributed by atoms with Crippen LogP contribution in [0.3, 0.4) is 0 Å². The molecule has 2 N–H and O–H groups in total. The van der Waals surface area contributed by atoms with E-state index < -0.39 is 12.0 Å². The van der Waals surface area contributed by atoms with E-state index in [9.17, 15) is 23.9 Å². The number of carboxylic acid groups (broad SMARTS) is 1. The van der Waals surface area contributed by atoms with Gasteiger partial charge in [-0.2, -0.15) is 0 Å². The van der Waals surface area contributed by atoms with Gasteiger partial charge in [-0.3, -0.25) is 9.59 Å². The zero-order valence-corrected chi connectivity index (χ0v) is 15.2. The number of benzene rings is 2. The van der Waals surface area contributed by atoms with Crippen LogP contribution in [0.5, 0.6) is 0 Å². The minimum absolute atomic E-state index is 0.0751. The highest BCUT2D eigenvalue weighted by atomic mass is 19.1. The second kappa shape index (κ2) is 8.65. The fraction of sp³-hybridized carbons (Fsp3) is 0.286. The Labute approximate surface area is 162 Å². The number of nitrogens with zero attached hydrogens (tertiary/aromatic N) is 1. The maximum atomic E-state index is 12.9. The summed E-state index contributed by atoms with van der Waals surface area (Å²) < 4.78 is 12.9. The molecule has 0 spiro atoms. The number of carboxylic acids is 1. The minimum Gasteiger partial charge on any atom is -0.480 e. The summed E-state index contributed by atoms with van der Waals surface area (Å²) in [6, 6.07) is 11.3. The fourth-order valence-electron chi connectivity index (χ4n) is 3.32. The number of carbonyl (C=O) groups excluding carboxylic acids is 2. The monoisotopic (exact) mass is 384 g/mol. The van der Waals surface area contributed by atoms with Crippen molar-refractivity contribution in [1.82, 2.24) is 4.90 Å². The van der Waals surface area contributed by atoms with Crippen LogP contribution in [0.1, 0.15) is 35.2 Å². The van der Waals surface area contributed by atoms with Gasteiger partial charge in [0.25, 0.3) is 5.91 Å². The Morgan fingerprint density at radius 3 is 2.57 bits per heavy atom. The highest BCUT2D eigenvalue weighted by molar-refractivity contribution is 5.99. The van der Waals surface area contributed by atoms with Crippen LogP contribution in [0.2, 0.25) is 0 Å². The zero-order valence-electron chi connectivity index (χ0n) is 15.2. The van der Waals surface area contributed by atoms with Crippen LogP contribution in [0.4, 0.5) is 10.1 Å². The molecule has 6 nitrogen and oxygen atoms in total. The highest BCUT2D eigenvalue weighted by Gasteiger charge is 2.32. The van der Waals surface area contributed by atoms with Crippen LogP contribution < -0.4 is 5.32 Å². The molecule has 1 heterocycles. The van der Waals surface area contributed by atoms with Crippen LogP contribution in [-0.4, -0.2) is 40.4 Å². The van der Waals surface area contributed by atoms with E-state index in [1.165, 1.54) is 29.2 Å². The number of halogens is 1. The van der Waals surface area contributed by atoms with Crippen LogP contribution in [0, 0.1) is 5.82 Å². The number of amides is 2. The zero-order chi connectivity index (χ0) is 20.1. The SMILES string of the molecule is O=C(Cc1ccc(F)cc1)Nc1cccc(C(=O)N2CCCCC2C(=O)O)c1. The smallest absolute Gasteiger partial charge is 0.326 e. The fourth-order valence-corrected chi connectivity index (χ4v) is 3.32. The molecule has 1 aliphatic rings. The molecule has 1 fully saturated rings. The number of nitrogens with one attached hydrogen (secondary N) is 1. The van der Waals surface area contributed by atoms with Crippen molar-refractivity contribution in [2.24, 2.45) is 0 Å². The standard InChI is InChI=1S/C21H21FN2O4/c22-16-9-7-14(8-10-16)12-19(25)23-17-5-3-4-15(13-17)20(26)24-11-2-1-6-18(24)21(27)28/h3-5,7-10,13,18H,1-2,6,11-12H2,(H,23,25)(H,27,28). The molecule has 0 aliphatic carbocycles. The van der Waals surface area contributed by atoms with Crippen LogP contribution in [-0.2, 0) is 16.0 Å². The topological polar surface area (TPSA) is 86.7 Å².